The molecule has 0 bridgehead atoms. The van der Waals surface area contributed by atoms with Crippen LogP contribution in [0.1, 0.15) is 6.92 Å². The van der Waals surface area contributed by atoms with Crippen molar-refractivity contribution in [3.63, 3.8) is 0 Å². The normalized spacial score (nSPS) is 20.4. The monoisotopic (exact) mass is 274 g/mol. The number of aliphatic imine (C=N–C) groups is 1. The minimum atomic E-state index is 0.620. The van der Waals surface area contributed by atoms with Gasteiger partial charge < -0.3 is 5.32 Å². The first-order chi connectivity index (χ1) is 7.66. The van der Waals surface area contributed by atoms with Crippen LogP contribution in [-0.4, -0.2) is 17.5 Å². The molecule has 0 aromatic heterocycles. The van der Waals surface area contributed by atoms with Crippen LogP contribution in [0.2, 0.25) is 10.0 Å². The average molecular weight is 275 g/mol. The van der Waals surface area contributed by atoms with E-state index in [1.807, 2.05) is 18.2 Å². The Balaban J connectivity index is 2.15. The first kappa shape index (κ1) is 12.1. The third-order valence-corrected chi connectivity index (χ3v) is 4.12. The van der Waals surface area contributed by atoms with E-state index in [9.17, 15) is 0 Å². The lowest BCUT2D eigenvalue weighted by Gasteiger charge is -2.18. The number of rotatable bonds is 1. The Morgan fingerprint density at radius 1 is 1.38 bits per heavy atom. The van der Waals surface area contributed by atoms with E-state index in [0.717, 1.165) is 23.2 Å². The maximum atomic E-state index is 6.07. The predicted molar refractivity (Wildman–Crippen MR) is 74.0 cm³/mol. The zero-order valence-electron chi connectivity index (χ0n) is 8.84. The highest BCUT2D eigenvalue weighted by molar-refractivity contribution is 8.14. The van der Waals surface area contributed by atoms with Crippen molar-refractivity contribution < 1.29 is 0 Å². The van der Waals surface area contributed by atoms with Gasteiger partial charge in [-0.15, -0.1) is 0 Å². The first-order valence-corrected chi connectivity index (χ1v) is 6.79. The van der Waals surface area contributed by atoms with Crippen molar-refractivity contribution in [2.45, 2.75) is 6.92 Å². The van der Waals surface area contributed by atoms with Gasteiger partial charge in [0.25, 0.3) is 0 Å². The third kappa shape index (κ3) is 2.84. The summed E-state index contributed by atoms with van der Waals surface area (Å²) in [5, 5.41) is 5.32. The summed E-state index contributed by atoms with van der Waals surface area (Å²) in [6.45, 7) is 3.05. The van der Waals surface area contributed by atoms with Crippen LogP contribution >= 0.6 is 35.0 Å². The number of amidine groups is 1. The topological polar surface area (TPSA) is 24.4 Å². The van der Waals surface area contributed by atoms with Crippen LogP contribution in [0.3, 0.4) is 0 Å². The molecule has 1 N–H and O–H groups in total. The fourth-order valence-corrected chi connectivity index (χ4v) is 2.74. The average Bonchev–Trinajstić information content (AvgIpc) is 2.26. The molecule has 0 saturated carbocycles. The molecule has 0 fully saturated rings. The molecule has 0 spiro atoms. The van der Waals surface area contributed by atoms with Crippen LogP contribution in [0.4, 0.5) is 5.69 Å². The fraction of sp³-hybridized carbons (Fsp3) is 0.364. The fourth-order valence-electron chi connectivity index (χ4n) is 1.36. The summed E-state index contributed by atoms with van der Waals surface area (Å²) in [4.78, 5) is 4.44. The van der Waals surface area contributed by atoms with E-state index in [1.165, 1.54) is 0 Å². The van der Waals surface area contributed by atoms with Gasteiger partial charge in [0.1, 0.15) is 0 Å². The van der Waals surface area contributed by atoms with E-state index in [0.29, 0.717) is 16.0 Å². The molecule has 2 nitrogen and oxygen atoms in total. The Morgan fingerprint density at radius 2 is 2.06 bits per heavy atom. The van der Waals surface area contributed by atoms with Crippen LogP contribution in [0, 0.1) is 5.92 Å². The van der Waals surface area contributed by atoms with Gasteiger partial charge in [-0.05, 0) is 18.1 Å². The number of thioether (sulfide) groups is 1. The van der Waals surface area contributed by atoms with Gasteiger partial charge in [-0.2, -0.15) is 0 Å². The number of anilines is 1. The highest BCUT2D eigenvalue weighted by atomic mass is 35.5. The molecule has 86 valence electrons. The van der Waals surface area contributed by atoms with Gasteiger partial charge in [-0.3, -0.25) is 4.99 Å². The Morgan fingerprint density at radius 3 is 2.62 bits per heavy atom. The van der Waals surface area contributed by atoms with Crippen molar-refractivity contribution in [3.05, 3.63) is 28.2 Å². The van der Waals surface area contributed by atoms with Gasteiger partial charge in [0.05, 0.1) is 15.7 Å². The second-order valence-electron chi connectivity index (χ2n) is 3.78. The molecular formula is C11H12Cl2N2S. The summed E-state index contributed by atoms with van der Waals surface area (Å²) in [6, 6.07) is 5.45. The number of hydrogen-bond acceptors (Lipinski definition) is 3. The number of nitrogens with one attached hydrogen (secondary N) is 1. The molecule has 1 aromatic carbocycles. The quantitative estimate of drug-likeness (QED) is 0.832. The zero-order chi connectivity index (χ0) is 11.5. The summed E-state index contributed by atoms with van der Waals surface area (Å²) in [6.07, 6.45) is 0. The number of benzene rings is 1. The summed E-state index contributed by atoms with van der Waals surface area (Å²) >= 11 is 13.8. The lowest BCUT2D eigenvalue weighted by atomic mass is 10.2. The molecular weight excluding hydrogens is 263 g/mol. The van der Waals surface area contributed by atoms with E-state index in [2.05, 4.69) is 17.2 Å². The molecule has 1 aliphatic heterocycles. The molecule has 0 radical (unpaired) electrons. The largest absolute Gasteiger partial charge is 0.333 e. The zero-order valence-corrected chi connectivity index (χ0v) is 11.2. The molecule has 1 aliphatic rings. The van der Waals surface area contributed by atoms with Crippen LogP contribution in [0.15, 0.2) is 23.2 Å². The van der Waals surface area contributed by atoms with Gasteiger partial charge in [0, 0.05) is 12.3 Å². The highest BCUT2D eigenvalue weighted by Gasteiger charge is 2.14. The lowest BCUT2D eigenvalue weighted by molar-refractivity contribution is 0.674. The first-order valence-electron chi connectivity index (χ1n) is 5.05. The van der Waals surface area contributed by atoms with Crippen molar-refractivity contribution in [2.75, 3.05) is 17.6 Å². The SMILES string of the molecule is CC1CN=C(Nc2c(Cl)cccc2Cl)SC1. The third-order valence-electron chi connectivity index (χ3n) is 2.25. The highest BCUT2D eigenvalue weighted by Crippen LogP contribution is 2.31. The molecule has 0 saturated heterocycles. The van der Waals surface area contributed by atoms with Crippen molar-refractivity contribution in [1.29, 1.82) is 0 Å². The van der Waals surface area contributed by atoms with E-state index >= 15 is 0 Å². The number of hydrogen-bond donors (Lipinski definition) is 1. The number of nitrogens with zero attached hydrogens (tertiary/aromatic N) is 1. The molecule has 1 heterocycles. The van der Waals surface area contributed by atoms with Crippen LogP contribution in [-0.2, 0) is 0 Å². The minimum absolute atomic E-state index is 0.620. The van der Waals surface area contributed by atoms with E-state index in [-0.39, 0.29) is 0 Å². The molecule has 1 aromatic rings. The van der Waals surface area contributed by atoms with Crippen LogP contribution in [0.25, 0.3) is 0 Å². The summed E-state index contributed by atoms with van der Waals surface area (Å²) in [5.41, 5.74) is 0.742. The Hall–Kier alpha value is -0.380. The van der Waals surface area contributed by atoms with Gasteiger partial charge in [-0.1, -0.05) is 48.0 Å². The van der Waals surface area contributed by atoms with Gasteiger partial charge in [0.15, 0.2) is 5.17 Å². The summed E-state index contributed by atoms with van der Waals surface area (Å²) in [7, 11) is 0. The maximum absolute atomic E-state index is 6.07. The summed E-state index contributed by atoms with van der Waals surface area (Å²) in [5.74, 6) is 1.71. The van der Waals surface area contributed by atoms with Crippen molar-refractivity contribution >= 4 is 45.8 Å². The van der Waals surface area contributed by atoms with Crippen molar-refractivity contribution in [3.8, 4) is 0 Å². The van der Waals surface area contributed by atoms with E-state index in [4.69, 9.17) is 23.2 Å². The standard InChI is InChI=1S/C11H12Cl2N2S/c1-7-5-14-11(16-6-7)15-10-8(12)3-2-4-9(10)13/h2-4,7H,5-6H2,1H3,(H,14,15). The second kappa shape index (κ2) is 5.30. The minimum Gasteiger partial charge on any atom is -0.333 e. The molecule has 1 unspecified atom stereocenters. The molecule has 2 rings (SSSR count). The predicted octanol–water partition coefficient (Wildman–Crippen LogP) is 4.14. The molecule has 0 amide bonds. The Bertz CT molecular complexity index is 400. The smallest absolute Gasteiger partial charge is 0.161 e. The van der Waals surface area contributed by atoms with Gasteiger partial charge in [0.2, 0.25) is 0 Å². The Labute approximate surface area is 109 Å². The molecule has 5 heteroatoms. The maximum Gasteiger partial charge on any atom is 0.161 e. The van der Waals surface area contributed by atoms with Gasteiger partial charge >= 0.3 is 0 Å². The molecule has 1 atom stereocenters. The van der Waals surface area contributed by atoms with Crippen molar-refractivity contribution in [2.24, 2.45) is 10.9 Å². The molecule has 0 aliphatic carbocycles. The number of halogens is 2. The number of para-hydroxylation sites is 1. The van der Waals surface area contributed by atoms with E-state index < -0.39 is 0 Å². The van der Waals surface area contributed by atoms with Crippen LogP contribution in [0.5, 0.6) is 0 Å². The summed E-state index contributed by atoms with van der Waals surface area (Å²) < 4.78 is 0. The van der Waals surface area contributed by atoms with Crippen LogP contribution < -0.4 is 5.32 Å². The van der Waals surface area contributed by atoms with Gasteiger partial charge in [-0.25, -0.2) is 0 Å². The van der Waals surface area contributed by atoms with E-state index in [1.54, 1.807) is 11.8 Å². The molecule has 16 heavy (non-hydrogen) atoms. The second-order valence-corrected chi connectivity index (χ2v) is 5.61. The van der Waals surface area contributed by atoms with Crippen molar-refractivity contribution in [1.82, 2.24) is 0 Å². The Kier molecular flexibility index (Phi) is 4.00. The lowest BCUT2D eigenvalue weighted by Crippen LogP contribution is -2.19.